The van der Waals surface area contributed by atoms with Crippen molar-refractivity contribution >= 4 is 17.6 Å². The smallest absolute Gasteiger partial charge is 0.355 e. The van der Waals surface area contributed by atoms with E-state index in [1.807, 2.05) is 0 Å². The van der Waals surface area contributed by atoms with Crippen molar-refractivity contribution in [2.24, 2.45) is 0 Å². The van der Waals surface area contributed by atoms with Crippen LogP contribution >= 0.6 is 11.6 Å². The van der Waals surface area contributed by atoms with Crippen LogP contribution in [-0.2, 0) is 4.79 Å². The first-order valence-electron chi connectivity index (χ1n) is 8.12. The van der Waals surface area contributed by atoms with Gasteiger partial charge in [0.05, 0.1) is 5.02 Å². The third-order valence-electron chi connectivity index (χ3n) is 3.69. The number of aryl methyl sites for hydroxylation is 1. The second kappa shape index (κ2) is 8.45. The first-order chi connectivity index (χ1) is 14.2. The first kappa shape index (κ1) is 21.2. The molecule has 0 amide bonds. The Morgan fingerprint density at radius 1 is 1.33 bits per heavy atom. The number of alkyl halides is 2. The van der Waals surface area contributed by atoms with Crippen LogP contribution in [0.3, 0.4) is 0 Å². The predicted octanol–water partition coefficient (Wildman–Crippen LogP) is 3.18. The van der Waals surface area contributed by atoms with E-state index >= 15 is 0 Å². The van der Waals surface area contributed by atoms with Gasteiger partial charge in [-0.2, -0.15) is 13.5 Å². The van der Waals surface area contributed by atoms with Crippen molar-refractivity contribution in [2.45, 2.75) is 13.5 Å². The molecule has 9 nitrogen and oxygen atoms in total. The van der Waals surface area contributed by atoms with E-state index in [0.29, 0.717) is 4.68 Å². The van der Waals surface area contributed by atoms with Crippen LogP contribution in [0.25, 0.3) is 5.69 Å². The van der Waals surface area contributed by atoms with Gasteiger partial charge in [0.1, 0.15) is 17.3 Å². The minimum atomic E-state index is -3.17. The SMILES string of the molecule is Cc1nn(-c2cc(Oc3cccnc3OCC(=O)O)c(Cl)cc2F)c(=O)n1C(F)F. The average molecular weight is 445 g/mol. The van der Waals surface area contributed by atoms with Crippen molar-refractivity contribution in [3.8, 4) is 23.1 Å². The van der Waals surface area contributed by atoms with Gasteiger partial charge in [-0.25, -0.2) is 23.5 Å². The Labute approximate surface area is 170 Å². The topological polar surface area (TPSA) is 108 Å². The Morgan fingerprint density at radius 2 is 2.07 bits per heavy atom. The number of nitrogens with zero attached hydrogens (tertiary/aromatic N) is 4. The lowest BCUT2D eigenvalue weighted by atomic mass is 10.3. The number of hydrogen-bond donors (Lipinski definition) is 1. The van der Waals surface area contributed by atoms with E-state index in [9.17, 15) is 22.8 Å². The largest absolute Gasteiger partial charge is 0.479 e. The highest BCUT2D eigenvalue weighted by atomic mass is 35.5. The molecule has 0 aliphatic carbocycles. The maximum atomic E-state index is 14.4. The summed E-state index contributed by atoms with van der Waals surface area (Å²) in [5.74, 6) is -3.02. The van der Waals surface area contributed by atoms with Crippen LogP contribution in [0.5, 0.6) is 17.4 Å². The summed E-state index contributed by atoms with van der Waals surface area (Å²) in [5, 5.41) is 12.2. The number of pyridine rings is 1. The molecule has 1 aromatic carbocycles. The molecule has 0 saturated carbocycles. The fourth-order valence-corrected chi connectivity index (χ4v) is 2.62. The third kappa shape index (κ3) is 4.22. The van der Waals surface area contributed by atoms with Gasteiger partial charge >= 0.3 is 18.2 Å². The standard InChI is InChI=1S/C17H12ClF3N4O5/c1-8-23-25(17(28)24(8)16(20)21)11-6-13(9(18)5-10(11)19)30-12-3-2-4-22-15(12)29-7-14(26)27/h2-6,16H,7H2,1H3,(H,26,27). The van der Waals surface area contributed by atoms with Crippen molar-refractivity contribution in [3.05, 3.63) is 57.6 Å². The summed E-state index contributed by atoms with van der Waals surface area (Å²) in [4.78, 5) is 26.7. The molecule has 0 unspecified atom stereocenters. The van der Waals surface area contributed by atoms with E-state index in [2.05, 4.69) is 10.1 Å². The van der Waals surface area contributed by atoms with Crippen molar-refractivity contribution in [3.63, 3.8) is 0 Å². The molecule has 0 spiro atoms. The van der Waals surface area contributed by atoms with Crippen LogP contribution in [0.2, 0.25) is 5.02 Å². The monoisotopic (exact) mass is 444 g/mol. The normalized spacial score (nSPS) is 11.0. The molecule has 0 fully saturated rings. The zero-order valence-corrected chi connectivity index (χ0v) is 15.8. The molecule has 2 heterocycles. The summed E-state index contributed by atoms with van der Waals surface area (Å²) in [5.41, 5.74) is -1.75. The number of carbonyl (C=O) groups is 1. The van der Waals surface area contributed by atoms with E-state index in [4.69, 9.17) is 26.2 Å². The maximum Gasteiger partial charge on any atom is 0.355 e. The molecule has 3 rings (SSSR count). The molecule has 30 heavy (non-hydrogen) atoms. The lowest BCUT2D eigenvalue weighted by Gasteiger charge is -2.12. The molecule has 13 heteroatoms. The molecule has 0 aliphatic heterocycles. The number of rotatable bonds is 7. The van der Waals surface area contributed by atoms with Gasteiger partial charge in [0, 0.05) is 12.3 Å². The lowest BCUT2D eigenvalue weighted by molar-refractivity contribution is -0.139. The molecular formula is C17H12ClF3N4O5. The molecular weight excluding hydrogens is 433 g/mol. The molecule has 0 saturated heterocycles. The molecule has 0 aliphatic rings. The maximum absolute atomic E-state index is 14.4. The van der Waals surface area contributed by atoms with E-state index in [1.165, 1.54) is 18.3 Å². The van der Waals surface area contributed by atoms with Crippen molar-refractivity contribution in [1.29, 1.82) is 0 Å². The Morgan fingerprint density at radius 3 is 2.70 bits per heavy atom. The van der Waals surface area contributed by atoms with Gasteiger partial charge in [-0.1, -0.05) is 11.6 Å². The molecule has 0 radical (unpaired) electrons. The van der Waals surface area contributed by atoms with Crippen LogP contribution in [-0.4, -0.2) is 37.0 Å². The van der Waals surface area contributed by atoms with Gasteiger partial charge < -0.3 is 14.6 Å². The van der Waals surface area contributed by atoms with Crippen LogP contribution in [0, 0.1) is 12.7 Å². The summed E-state index contributed by atoms with van der Waals surface area (Å²) >= 11 is 5.99. The highest BCUT2D eigenvalue weighted by Gasteiger charge is 2.22. The number of aromatic nitrogens is 4. The minimum absolute atomic E-state index is 0.0557. The summed E-state index contributed by atoms with van der Waals surface area (Å²) in [7, 11) is 0. The number of carboxylic acids is 1. The van der Waals surface area contributed by atoms with Crippen molar-refractivity contribution in [1.82, 2.24) is 19.3 Å². The zero-order chi connectivity index (χ0) is 22.0. The molecule has 0 atom stereocenters. The van der Waals surface area contributed by atoms with E-state index < -0.39 is 36.3 Å². The summed E-state index contributed by atoms with van der Waals surface area (Å²) in [6, 6.07) is 4.63. The Bertz CT molecular complexity index is 1160. The van der Waals surface area contributed by atoms with Crippen LogP contribution in [0.4, 0.5) is 13.2 Å². The quantitative estimate of drug-likeness (QED) is 0.596. The van der Waals surface area contributed by atoms with E-state index in [0.717, 1.165) is 19.1 Å². The summed E-state index contributed by atoms with van der Waals surface area (Å²) < 4.78 is 51.6. The Hall–Kier alpha value is -3.54. The molecule has 3 aromatic rings. The van der Waals surface area contributed by atoms with E-state index in [1.54, 1.807) is 0 Å². The molecule has 158 valence electrons. The number of ether oxygens (including phenoxy) is 2. The lowest BCUT2D eigenvalue weighted by Crippen LogP contribution is -2.25. The molecule has 2 aromatic heterocycles. The number of benzene rings is 1. The highest BCUT2D eigenvalue weighted by molar-refractivity contribution is 6.32. The van der Waals surface area contributed by atoms with Crippen LogP contribution in [0.1, 0.15) is 12.4 Å². The van der Waals surface area contributed by atoms with Crippen molar-refractivity contribution in [2.75, 3.05) is 6.61 Å². The van der Waals surface area contributed by atoms with E-state index in [-0.39, 0.29) is 32.8 Å². The van der Waals surface area contributed by atoms with Gasteiger partial charge in [0.2, 0.25) is 0 Å². The van der Waals surface area contributed by atoms with Gasteiger partial charge in [-0.15, -0.1) is 5.10 Å². The fourth-order valence-electron chi connectivity index (χ4n) is 2.43. The average Bonchev–Trinajstić information content (AvgIpc) is 2.97. The van der Waals surface area contributed by atoms with Gasteiger partial charge in [-0.3, -0.25) is 0 Å². The highest BCUT2D eigenvalue weighted by Crippen LogP contribution is 2.36. The fraction of sp³-hybridized carbons (Fsp3) is 0.176. The Balaban J connectivity index is 2.03. The number of halogens is 4. The van der Waals surface area contributed by atoms with Crippen molar-refractivity contribution < 1.29 is 32.5 Å². The molecule has 0 bridgehead atoms. The number of carboxylic acid groups (broad SMARTS) is 1. The van der Waals surface area contributed by atoms with Crippen LogP contribution in [0.15, 0.2) is 35.3 Å². The second-order valence-electron chi connectivity index (χ2n) is 5.71. The third-order valence-corrected chi connectivity index (χ3v) is 3.99. The Kier molecular flexibility index (Phi) is 5.96. The summed E-state index contributed by atoms with van der Waals surface area (Å²) in [6.45, 7) is -2.70. The second-order valence-corrected chi connectivity index (χ2v) is 6.12. The van der Waals surface area contributed by atoms with Gasteiger partial charge in [0.15, 0.2) is 18.2 Å². The molecule has 1 N–H and O–H groups in total. The van der Waals surface area contributed by atoms with Gasteiger partial charge in [-0.05, 0) is 25.1 Å². The minimum Gasteiger partial charge on any atom is -0.479 e. The van der Waals surface area contributed by atoms with Gasteiger partial charge in [0.25, 0.3) is 5.88 Å². The number of hydrogen-bond acceptors (Lipinski definition) is 6. The summed E-state index contributed by atoms with van der Waals surface area (Å²) in [6.07, 6.45) is 1.32. The predicted molar refractivity (Wildman–Crippen MR) is 96.2 cm³/mol. The number of aliphatic carboxylic acids is 1. The van der Waals surface area contributed by atoms with Crippen LogP contribution < -0.4 is 15.2 Å². The first-order valence-corrected chi connectivity index (χ1v) is 8.50. The zero-order valence-electron chi connectivity index (χ0n) is 15.1.